The Balaban J connectivity index is 2.47. The van der Waals surface area contributed by atoms with Crippen LogP contribution in [0.4, 0.5) is 0 Å². The fourth-order valence-electron chi connectivity index (χ4n) is 1.17. The Morgan fingerprint density at radius 2 is 2.00 bits per heavy atom. The molecule has 0 radical (unpaired) electrons. The van der Waals surface area contributed by atoms with Crippen LogP contribution in [-0.4, -0.2) is 24.5 Å². The minimum absolute atomic E-state index is 0.214. The zero-order valence-electron chi connectivity index (χ0n) is 8.61. The minimum atomic E-state index is 0.214. The summed E-state index contributed by atoms with van der Waals surface area (Å²) in [6.45, 7) is 3.06. The van der Waals surface area contributed by atoms with Crippen LogP contribution in [0.3, 0.4) is 0 Å². The van der Waals surface area contributed by atoms with E-state index >= 15 is 0 Å². The largest absolute Gasteiger partial charge is 0.396 e. The van der Waals surface area contributed by atoms with Crippen LogP contribution in [0, 0.1) is 0 Å². The number of aryl methyl sites for hydroxylation is 1. The third-order valence-corrected chi connectivity index (χ3v) is 2.07. The third-order valence-electron chi connectivity index (χ3n) is 2.07. The molecule has 2 heteroatoms. The molecule has 0 spiro atoms. The number of benzene rings is 1. The van der Waals surface area contributed by atoms with Gasteiger partial charge in [-0.2, -0.15) is 0 Å². The van der Waals surface area contributed by atoms with Crippen LogP contribution >= 0.6 is 0 Å². The fraction of sp³-hybridized carbons (Fsp3) is 0.417. The number of hydrogen-bond donors (Lipinski definition) is 1. The first-order valence-electron chi connectivity index (χ1n) is 5.06. The Labute approximate surface area is 85.3 Å². The molecule has 0 saturated carbocycles. The number of aliphatic hydroxyl groups excluding tert-OH is 1. The zero-order chi connectivity index (χ0) is 10.2. The number of nitrogens with zero attached hydrogens (tertiary/aromatic N) is 1. The van der Waals surface area contributed by atoms with Gasteiger partial charge in [0, 0.05) is 19.4 Å². The summed E-state index contributed by atoms with van der Waals surface area (Å²) in [4.78, 5) is 4.20. The van der Waals surface area contributed by atoms with Gasteiger partial charge in [-0.3, -0.25) is 4.99 Å². The molecule has 0 aromatic heterocycles. The van der Waals surface area contributed by atoms with E-state index < -0.39 is 0 Å². The highest BCUT2D eigenvalue weighted by Gasteiger charge is 1.89. The molecule has 1 rings (SSSR count). The van der Waals surface area contributed by atoms with Gasteiger partial charge in [0.1, 0.15) is 0 Å². The molecule has 1 aromatic rings. The molecule has 0 unspecified atom stereocenters. The second-order valence-corrected chi connectivity index (χ2v) is 3.21. The van der Waals surface area contributed by atoms with E-state index in [-0.39, 0.29) is 6.61 Å². The highest BCUT2D eigenvalue weighted by molar-refractivity contribution is 5.79. The monoisotopic (exact) mass is 191 g/mol. The van der Waals surface area contributed by atoms with Crippen molar-refractivity contribution in [2.75, 3.05) is 13.2 Å². The highest BCUT2D eigenvalue weighted by atomic mass is 16.2. The predicted molar refractivity (Wildman–Crippen MR) is 60.0 cm³/mol. The van der Waals surface area contributed by atoms with Crippen LogP contribution in [0.1, 0.15) is 24.5 Å². The van der Waals surface area contributed by atoms with Crippen molar-refractivity contribution >= 4 is 6.21 Å². The minimum Gasteiger partial charge on any atom is -0.396 e. The quantitative estimate of drug-likeness (QED) is 0.560. The summed E-state index contributed by atoms with van der Waals surface area (Å²) in [5, 5.41) is 8.56. The smallest absolute Gasteiger partial charge is 0.0448 e. The summed E-state index contributed by atoms with van der Waals surface area (Å²) >= 11 is 0. The van der Waals surface area contributed by atoms with Gasteiger partial charge >= 0.3 is 0 Å². The maximum Gasteiger partial charge on any atom is 0.0448 e. The Kier molecular flexibility index (Phi) is 4.94. The normalized spacial score (nSPS) is 11.0. The second-order valence-electron chi connectivity index (χ2n) is 3.21. The Hall–Kier alpha value is -1.15. The summed E-state index contributed by atoms with van der Waals surface area (Å²) in [5.74, 6) is 0. The molecule has 0 aliphatic carbocycles. The lowest BCUT2D eigenvalue weighted by Gasteiger charge is -1.96. The molecule has 0 bridgehead atoms. The average Bonchev–Trinajstić information content (AvgIpc) is 2.25. The van der Waals surface area contributed by atoms with E-state index in [9.17, 15) is 0 Å². The molecule has 2 nitrogen and oxygen atoms in total. The molecule has 0 fully saturated rings. The highest BCUT2D eigenvalue weighted by Crippen LogP contribution is 2.02. The van der Waals surface area contributed by atoms with E-state index in [0.29, 0.717) is 6.54 Å². The van der Waals surface area contributed by atoms with Crippen LogP contribution in [0.25, 0.3) is 0 Å². The molecule has 1 N–H and O–H groups in total. The number of rotatable bonds is 5. The van der Waals surface area contributed by atoms with Crippen molar-refractivity contribution in [3.05, 3.63) is 35.4 Å². The first kappa shape index (κ1) is 10.9. The van der Waals surface area contributed by atoms with Crippen molar-refractivity contribution in [2.45, 2.75) is 19.8 Å². The summed E-state index contributed by atoms with van der Waals surface area (Å²) in [6, 6.07) is 8.38. The molecule has 14 heavy (non-hydrogen) atoms. The van der Waals surface area contributed by atoms with Gasteiger partial charge in [-0.15, -0.1) is 0 Å². The van der Waals surface area contributed by atoms with Gasteiger partial charge in [0.15, 0.2) is 0 Å². The lowest BCUT2D eigenvalue weighted by Crippen LogP contribution is -1.89. The van der Waals surface area contributed by atoms with Gasteiger partial charge in [0.2, 0.25) is 0 Å². The van der Waals surface area contributed by atoms with Crippen LogP contribution in [-0.2, 0) is 6.42 Å². The van der Waals surface area contributed by atoms with E-state index in [4.69, 9.17) is 5.11 Å². The summed E-state index contributed by atoms with van der Waals surface area (Å²) in [6.07, 6.45) is 3.67. The molecule has 0 aliphatic rings. The van der Waals surface area contributed by atoms with E-state index in [0.717, 1.165) is 18.4 Å². The molecule has 0 aliphatic heterocycles. The lowest BCUT2D eigenvalue weighted by atomic mass is 10.1. The summed E-state index contributed by atoms with van der Waals surface area (Å²) < 4.78 is 0. The Morgan fingerprint density at radius 1 is 1.29 bits per heavy atom. The first-order chi connectivity index (χ1) is 6.86. The van der Waals surface area contributed by atoms with Crippen molar-refractivity contribution in [1.82, 2.24) is 0 Å². The maximum absolute atomic E-state index is 8.56. The third kappa shape index (κ3) is 3.71. The Bertz CT molecular complexity index is 277. The van der Waals surface area contributed by atoms with Gasteiger partial charge in [-0.25, -0.2) is 0 Å². The van der Waals surface area contributed by atoms with Gasteiger partial charge in [0.25, 0.3) is 0 Å². The van der Waals surface area contributed by atoms with E-state index in [2.05, 4.69) is 36.2 Å². The molecule has 0 saturated heterocycles. The lowest BCUT2D eigenvalue weighted by molar-refractivity contribution is 0.291. The summed E-state index contributed by atoms with van der Waals surface area (Å²) in [7, 11) is 0. The van der Waals surface area contributed by atoms with Crippen molar-refractivity contribution in [2.24, 2.45) is 4.99 Å². The summed E-state index contributed by atoms with van der Waals surface area (Å²) in [5.41, 5.74) is 2.47. The zero-order valence-corrected chi connectivity index (χ0v) is 8.61. The van der Waals surface area contributed by atoms with Crippen LogP contribution < -0.4 is 0 Å². The van der Waals surface area contributed by atoms with Crippen molar-refractivity contribution in [3.8, 4) is 0 Å². The van der Waals surface area contributed by atoms with Gasteiger partial charge in [-0.1, -0.05) is 31.2 Å². The average molecular weight is 191 g/mol. The van der Waals surface area contributed by atoms with Crippen molar-refractivity contribution in [1.29, 1.82) is 0 Å². The molecular weight excluding hydrogens is 174 g/mol. The number of aliphatic hydroxyl groups is 1. The van der Waals surface area contributed by atoms with E-state index in [1.165, 1.54) is 5.56 Å². The topological polar surface area (TPSA) is 32.6 Å². The Morgan fingerprint density at radius 3 is 2.57 bits per heavy atom. The van der Waals surface area contributed by atoms with Gasteiger partial charge in [0.05, 0.1) is 0 Å². The molecule has 76 valence electrons. The van der Waals surface area contributed by atoms with Crippen molar-refractivity contribution < 1.29 is 5.11 Å². The SMILES string of the molecule is CCc1ccc(C=NCCCO)cc1. The standard InChI is InChI=1S/C12H17NO/c1-2-11-4-6-12(7-5-11)10-13-8-3-9-14/h4-7,10,14H,2-3,8-9H2,1H3. The maximum atomic E-state index is 8.56. The van der Waals surface area contributed by atoms with Crippen LogP contribution in [0.2, 0.25) is 0 Å². The van der Waals surface area contributed by atoms with Gasteiger partial charge in [-0.05, 0) is 24.0 Å². The fourth-order valence-corrected chi connectivity index (χ4v) is 1.17. The molecule has 0 atom stereocenters. The molecule has 0 heterocycles. The van der Waals surface area contributed by atoms with E-state index in [1.807, 2.05) is 6.21 Å². The molecule has 1 aromatic carbocycles. The van der Waals surface area contributed by atoms with Gasteiger partial charge < -0.3 is 5.11 Å². The van der Waals surface area contributed by atoms with Crippen LogP contribution in [0.15, 0.2) is 29.3 Å². The second kappa shape index (κ2) is 6.33. The number of aliphatic imine (C=N–C) groups is 1. The predicted octanol–water partition coefficient (Wildman–Crippen LogP) is 2.05. The number of hydrogen-bond acceptors (Lipinski definition) is 2. The van der Waals surface area contributed by atoms with Crippen molar-refractivity contribution in [3.63, 3.8) is 0 Å². The van der Waals surface area contributed by atoms with E-state index in [1.54, 1.807) is 0 Å². The molecular formula is C12H17NO. The first-order valence-corrected chi connectivity index (χ1v) is 5.06. The molecule has 0 amide bonds. The van der Waals surface area contributed by atoms with Crippen LogP contribution in [0.5, 0.6) is 0 Å².